The van der Waals surface area contributed by atoms with E-state index in [1.54, 1.807) is 12.3 Å². The van der Waals surface area contributed by atoms with Crippen LogP contribution in [0.1, 0.15) is 0 Å². The number of hydrogen-bond acceptors (Lipinski definition) is 2. The Morgan fingerprint density at radius 1 is 0.556 bits per heavy atom. The monoisotopic (exact) mass is 369 g/mol. The molecular formula is C23H19NO2Si. The van der Waals surface area contributed by atoms with Crippen LogP contribution in [0, 0.1) is 0 Å². The molecule has 4 aromatic rings. The third kappa shape index (κ3) is 3.23. The van der Waals surface area contributed by atoms with Crippen LogP contribution in [0.15, 0.2) is 120 Å². The smallest absolute Gasteiger partial charge is 0.378 e. The number of rotatable bonds is 5. The Hall–Kier alpha value is -3.37. The van der Waals surface area contributed by atoms with Gasteiger partial charge in [-0.05, 0) is 21.6 Å². The molecule has 0 atom stereocenters. The van der Waals surface area contributed by atoms with Crippen molar-refractivity contribution in [3.63, 3.8) is 0 Å². The minimum atomic E-state index is -2.93. The van der Waals surface area contributed by atoms with E-state index in [1.807, 2.05) is 60.7 Å². The summed E-state index contributed by atoms with van der Waals surface area (Å²) in [4.78, 5) is 12.5. The summed E-state index contributed by atoms with van der Waals surface area (Å²) in [7, 11) is -2.93. The van der Waals surface area contributed by atoms with Crippen molar-refractivity contribution >= 4 is 23.9 Å². The Labute approximate surface area is 159 Å². The Balaban J connectivity index is 2.03. The molecule has 0 amide bonds. The third-order valence-electron chi connectivity index (χ3n) is 4.56. The average Bonchev–Trinajstić information content (AvgIpc) is 2.75. The van der Waals surface area contributed by atoms with Crippen molar-refractivity contribution in [3.05, 3.63) is 126 Å². The molecule has 27 heavy (non-hydrogen) atoms. The zero-order valence-corrected chi connectivity index (χ0v) is 15.7. The first-order chi connectivity index (χ1) is 13.3. The lowest BCUT2D eigenvalue weighted by atomic mass is 10.3. The predicted octanol–water partition coefficient (Wildman–Crippen LogP) is 1.94. The molecule has 0 bridgehead atoms. The largest absolute Gasteiger partial charge is 0.450 e. The van der Waals surface area contributed by atoms with E-state index in [-0.39, 0.29) is 5.56 Å². The number of aromatic nitrogens is 1. The molecule has 0 aliphatic carbocycles. The first-order valence-corrected chi connectivity index (χ1v) is 10.8. The van der Waals surface area contributed by atoms with Crippen LogP contribution in [-0.4, -0.2) is 13.0 Å². The first-order valence-electron chi connectivity index (χ1n) is 8.84. The molecule has 4 heteroatoms. The molecule has 3 nitrogen and oxygen atoms in total. The Kier molecular flexibility index (Phi) is 4.72. The zero-order chi connectivity index (χ0) is 18.5. The van der Waals surface area contributed by atoms with E-state index in [0.717, 1.165) is 15.6 Å². The summed E-state index contributed by atoms with van der Waals surface area (Å²) in [5.74, 6) is 0. The van der Waals surface area contributed by atoms with Gasteiger partial charge in [0.2, 0.25) is 0 Å². The summed E-state index contributed by atoms with van der Waals surface area (Å²) < 4.78 is 7.99. The molecule has 0 saturated heterocycles. The van der Waals surface area contributed by atoms with Crippen molar-refractivity contribution in [1.29, 1.82) is 0 Å². The van der Waals surface area contributed by atoms with Gasteiger partial charge in [0.1, 0.15) is 0 Å². The van der Waals surface area contributed by atoms with Crippen LogP contribution in [0.4, 0.5) is 0 Å². The van der Waals surface area contributed by atoms with Gasteiger partial charge in [0, 0.05) is 12.3 Å². The minimum absolute atomic E-state index is 0.183. The van der Waals surface area contributed by atoms with Gasteiger partial charge in [-0.1, -0.05) is 97.1 Å². The molecule has 0 radical (unpaired) electrons. The summed E-state index contributed by atoms with van der Waals surface area (Å²) in [6.07, 6.45) is 1.68. The molecule has 132 valence electrons. The third-order valence-corrected chi connectivity index (χ3v) is 8.47. The SMILES string of the molecule is O=c1ccccn1O[Si](c1ccccc1)(c1ccccc1)c1ccccc1. The van der Waals surface area contributed by atoms with Gasteiger partial charge >= 0.3 is 8.32 Å². The van der Waals surface area contributed by atoms with Crippen LogP contribution in [0.5, 0.6) is 0 Å². The van der Waals surface area contributed by atoms with Crippen LogP contribution in [0.2, 0.25) is 0 Å². The van der Waals surface area contributed by atoms with Gasteiger partial charge in [0.05, 0.1) is 0 Å². The van der Waals surface area contributed by atoms with E-state index in [2.05, 4.69) is 36.4 Å². The lowest BCUT2D eigenvalue weighted by Crippen LogP contribution is -2.74. The van der Waals surface area contributed by atoms with Gasteiger partial charge in [-0.3, -0.25) is 4.79 Å². The molecule has 0 unspecified atom stereocenters. The Morgan fingerprint density at radius 3 is 1.37 bits per heavy atom. The summed E-state index contributed by atoms with van der Waals surface area (Å²) in [5, 5.41) is 3.24. The molecule has 0 spiro atoms. The normalized spacial score (nSPS) is 11.1. The fraction of sp³-hybridized carbons (Fsp3) is 0. The first kappa shape index (κ1) is 17.1. The van der Waals surface area contributed by atoms with Crippen LogP contribution in [0.25, 0.3) is 0 Å². The molecular weight excluding hydrogens is 350 g/mol. The molecule has 0 N–H and O–H groups in total. The molecule has 4 rings (SSSR count). The molecule has 0 fully saturated rings. The van der Waals surface area contributed by atoms with Gasteiger partial charge in [0.25, 0.3) is 5.56 Å². The topological polar surface area (TPSA) is 31.2 Å². The van der Waals surface area contributed by atoms with E-state index >= 15 is 0 Å². The number of hydrogen-bond donors (Lipinski definition) is 0. The van der Waals surface area contributed by atoms with Crippen molar-refractivity contribution in [2.24, 2.45) is 0 Å². The van der Waals surface area contributed by atoms with Crippen molar-refractivity contribution < 1.29 is 4.53 Å². The predicted molar refractivity (Wildman–Crippen MR) is 111 cm³/mol. The van der Waals surface area contributed by atoms with Crippen LogP contribution in [0.3, 0.4) is 0 Å². The zero-order valence-electron chi connectivity index (χ0n) is 14.7. The van der Waals surface area contributed by atoms with Crippen molar-refractivity contribution in [2.45, 2.75) is 0 Å². The van der Waals surface area contributed by atoms with Crippen molar-refractivity contribution in [3.8, 4) is 0 Å². The summed E-state index contributed by atoms with van der Waals surface area (Å²) in [5.41, 5.74) is -0.183. The fourth-order valence-electron chi connectivity index (χ4n) is 3.31. The summed E-state index contributed by atoms with van der Waals surface area (Å²) >= 11 is 0. The maximum atomic E-state index is 12.5. The van der Waals surface area contributed by atoms with E-state index < -0.39 is 8.32 Å². The molecule has 1 aromatic heterocycles. The van der Waals surface area contributed by atoms with Crippen LogP contribution < -0.4 is 25.6 Å². The van der Waals surface area contributed by atoms with E-state index in [1.165, 1.54) is 10.8 Å². The van der Waals surface area contributed by atoms with Crippen molar-refractivity contribution in [2.75, 3.05) is 0 Å². The number of nitrogens with zero attached hydrogens (tertiary/aromatic N) is 1. The second-order valence-corrected chi connectivity index (χ2v) is 9.51. The molecule has 0 saturated carbocycles. The van der Waals surface area contributed by atoms with Crippen LogP contribution in [-0.2, 0) is 0 Å². The fourth-order valence-corrected chi connectivity index (χ4v) is 7.06. The van der Waals surface area contributed by atoms with Gasteiger partial charge in [-0.25, -0.2) is 0 Å². The number of benzene rings is 3. The molecule has 3 aromatic carbocycles. The lowest BCUT2D eigenvalue weighted by molar-refractivity contribution is 0.265. The highest BCUT2D eigenvalue weighted by atomic mass is 28.4. The highest BCUT2D eigenvalue weighted by Gasteiger charge is 2.45. The van der Waals surface area contributed by atoms with Crippen molar-refractivity contribution in [1.82, 2.24) is 4.73 Å². The highest BCUT2D eigenvalue weighted by molar-refractivity contribution is 7.07. The van der Waals surface area contributed by atoms with E-state index in [0.29, 0.717) is 0 Å². The summed E-state index contributed by atoms with van der Waals surface area (Å²) in [6, 6.07) is 35.6. The highest BCUT2D eigenvalue weighted by Crippen LogP contribution is 2.07. The minimum Gasteiger partial charge on any atom is -0.450 e. The average molecular weight is 369 g/mol. The lowest BCUT2D eigenvalue weighted by Gasteiger charge is -2.32. The Bertz CT molecular complexity index is 967. The Morgan fingerprint density at radius 2 is 0.963 bits per heavy atom. The number of pyridine rings is 1. The van der Waals surface area contributed by atoms with Gasteiger partial charge in [0.15, 0.2) is 0 Å². The second-order valence-electron chi connectivity index (χ2n) is 6.24. The summed E-state index contributed by atoms with van der Waals surface area (Å²) in [6.45, 7) is 0. The second kappa shape index (κ2) is 7.48. The standard InChI is InChI=1S/C23H19NO2Si/c25-23-18-10-11-19-24(23)26-27(20-12-4-1-5-13-20,21-14-6-2-7-15-21)22-16-8-3-9-17-22/h1-19H. The van der Waals surface area contributed by atoms with E-state index in [9.17, 15) is 4.79 Å². The van der Waals surface area contributed by atoms with E-state index in [4.69, 9.17) is 4.53 Å². The van der Waals surface area contributed by atoms with Gasteiger partial charge in [-0.2, -0.15) is 4.73 Å². The maximum absolute atomic E-state index is 12.5. The molecule has 1 heterocycles. The van der Waals surface area contributed by atoms with Crippen LogP contribution >= 0.6 is 0 Å². The van der Waals surface area contributed by atoms with Gasteiger partial charge < -0.3 is 4.53 Å². The molecule has 0 aliphatic heterocycles. The molecule has 0 aliphatic rings. The quantitative estimate of drug-likeness (QED) is 0.398. The maximum Gasteiger partial charge on any atom is 0.378 e. The van der Waals surface area contributed by atoms with Gasteiger partial charge in [-0.15, -0.1) is 0 Å².